The summed E-state index contributed by atoms with van der Waals surface area (Å²) in [5.41, 5.74) is 3.43. The predicted octanol–water partition coefficient (Wildman–Crippen LogP) is 1.61. The number of aliphatic hydroxyl groups excluding tert-OH is 1. The molecule has 7 nitrogen and oxygen atoms in total. The maximum atomic E-state index is 11.4. The first-order valence-corrected chi connectivity index (χ1v) is 9.82. The number of carbonyl (C=O) groups excluding carboxylic acids is 1. The number of nitriles is 1. The fourth-order valence-corrected chi connectivity index (χ4v) is 3.85. The summed E-state index contributed by atoms with van der Waals surface area (Å²) in [6.07, 6.45) is -0.227. The van der Waals surface area contributed by atoms with E-state index in [9.17, 15) is 15.2 Å². The number of piperazine rings is 1. The van der Waals surface area contributed by atoms with Gasteiger partial charge < -0.3 is 20.1 Å². The Bertz CT molecular complexity index is 932. The molecule has 0 bridgehead atoms. The summed E-state index contributed by atoms with van der Waals surface area (Å²) >= 11 is 0. The van der Waals surface area contributed by atoms with Gasteiger partial charge in [-0.3, -0.25) is 9.69 Å². The van der Waals surface area contributed by atoms with Gasteiger partial charge in [-0.15, -0.1) is 0 Å². The van der Waals surface area contributed by atoms with Gasteiger partial charge >= 0.3 is 0 Å². The zero-order chi connectivity index (χ0) is 20.2. The molecule has 29 heavy (non-hydrogen) atoms. The number of nitrogens with one attached hydrogen (secondary N) is 1. The zero-order valence-electron chi connectivity index (χ0n) is 16.2. The number of ether oxygens (including phenoxy) is 1. The zero-order valence-corrected chi connectivity index (χ0v) is 16.2. The molecule has 1 unspecified atom stereocenters. The Labute approximate surface area is 170 Å². The highest BCUT2D eigenvalue weighted by Gasteiger charge is 2.22. The topological polar surface area (TPSA) is 88.8 Å². The van der Waals surface area contributed by atoms with E-state index in [1.807, 2.05) is 42.5 Å². The normalized spacial score (nSPS) is 17.4. The maximum absolute atomic E-state index is 11.4. The molecule has 2 aromatic carbocycles. The van der Waals surface area contributed by atoms with Crippen LogP contribution in [0.1, 0.15) is 11.1 Å². The Hall–Kier alpha value is -3.08. The highest BCUT2D eigenvalue weighted by atomic mass is 16.5. The van der Waals surface area contributed by atoms with Crippen LogP contribution >= 0.6 is 0 Å². The molecule has 4 rings (SSSR count). The van der Waals surface area contributed by atoms with Crippen molar-refractivity contribution in [2.24, 2.45) is 0 Å². The Morgan fingerprint density at radius 1 is 1.17 bits per heavy atom. The SMILES string of the molecule is N#Cc1ccccc1N1CCN(CC(O)COc2ccc3c(c2)CC(=O)N3)CC1. The summed E-state index contributed by atoms with van der Waals surface area (Å²) < 4.78 is 5.73. The molecule has 0 saturated carbocycles. The number of hydrogen-bond donors (Lipinski definition) is 2. The van der Waals surface area contributed by atoms with Gasteiger partial charge in [0.15, 0.2) is 0 Å². The number of fused-ring (bicyclic) bond motifs is 1. The molecule has 2 N–H and O–H groups in total. The van der Waals surface area contributed by atoms with Gasteiger partial charge in [-0.2, -0.15) is 5.26 Å². The van der Waals surface area contributed by atoms with Gasteiger partial charge in [0.2, 0.25) is 5.91 Å². The van der Waals surface area contributed by atoms with Crippen molar-refractivity contribution in [2.75, 3.05) is 49.5 Å². The second kappa shape index (κ2) is 8.52. The Morgan fingerprint density at radius 2 is 1.97 bits per heavy atom. The fraction of sp³-hybridized carbons (Fsp3) is 0.364. The summed E-state index contributed by atoms with van der Waals surface area (Å²) in [7, 11) is 0. The lowest BCUT2D eigenvalue weighted by molar-refractivity contribution is -0.115. The quantitative estimate of drug-likeness (QED) is 0.777. The molecular formula is C22H24N4O3. The van der Waals surface area contributed by atoms with Crippen LogP contribution in [0.25, 0.3) is 0 Å². The molecule has 0 aliphatic carbocycles. The van der Waals surface area contributed by atoms with E-state index in [4.69, 9.17) is 4.74 Å². The highest BCUT2D eigenvalue weighted by Crippen LogP contribution is 2.27. The molecule has 7 heteroatoms. The number of nitrogens with zero attached hydrogens (tertiary/aromatic N) is 3. The first-order chi connectivity index (χ1) is 14.1. The van der Waals surface area contributed by atoms with E-state index < -0.39 is 6.10 Å². The Balaban J connectivity index is 1.24. The third-order valence-electron chi connectivity index (χ3n) is 5.35. The molecule has 1 saturated heterocycles. The first-order valence-electron chi connectivity index (χ1n) is 9.82. The summed E-state index contributed by atoms with van der Waals surface area (Å²) in [5.74, 6) is 0.658. The van der Waals surface area contributed by atoms with Crippen molar-refractivity contribution < 1.29 is 14.6 Å². The van der Waals surface area contributed by atoms with E-state index in [0.717, 1.165) is 43.1 Å². The van der Waals surface area contributed by atoms with Crippen LogP contribution in [0.3, 0.4) is 0 Å². The van der Waals surface area contributed by atoms with Gasteiger partial charge in [0.05, 0.1) is 17.7 Å². The number of para-hydroxylation sites is 1. The third-order valence-corrected chi connectivity index (χ3v) is 5.35. The first kappa shape index (κ1) is 19.2. The fourth-order valence-electron chi connectivity index (χ4n) is 3.85. The minimum atomic E-state index is -0.596. The second-order valence-electron chi connectivity index (χ2n) is 7.43. The summed E-state index contributed by atoms with van der Waals surface area (Å²) in [6.45, 7) is 4.03. The molecule has 0 aromatic heterocycles. The van der Waals surface area contributed by atoms with Gasteiger partial charge in [0, 0.05) is 38.4 Å². The van der Waals surface area contributed by atoms with E-state index in [2.05, 4.69) is 21.2 Å². The molecule has 150 valence electrons. The van der Waals surface area contributed by atoms with E-state index in [-0.39, 0.29) is 12.5 Å². The van der Waals surface area contributed by atoms with Crippen molar-refractivity contribution in [2.45, 2.75) is 12.5 Å². The number of β-amino-alcohol motifs (C(OH)–C–C–N with tert-alkyl or cyclic N) is 1. The lowest BCUT2D eigenvalue weighted by Crippen LogP contribution is -2.49. The van der Waals surface area contributed by atoms with Gasteiger partial charge in [0.1, 0.15) is 24.5 Å². The van der Waals surface area contributed by atoms with Crippen LogP contribution in [0.2, 0.25) is 0 Å². The molecule has 2 aliphatic heterocycles. The smallest absolute Gasteiger partial charge is 0.228 e. The second-order valence-corrected chi connectivity index (χ2v) is 7.43. The highest BCUT2D eigenvalue weighted by molar-refractivity contribution is 5.99. The van der Waals surface area contributed by atoms with E-state index in [1.165, 1.54) is 0 Å². The standard InChI is InChI=1S/C22H24N4O3/c23-13-16-3-1-2-4-21(16)26-9-7-25(8-10-26)14-18(27)15-29-19-5-6-20-17(11-19)12-22(28)24-20/h1-6,11,18,27H,7-10,12,14-15H2,(H,24,28). The summed E-state index contributed by atoms with van der Waals surface area (Å²) in [5, 5.41) is 22.5. The number of aliphatic hydroxyl groups is 1. The van der Waals surface area contributed by atoms with Gasteiger partial charge in [-0.25, -0.2) is 0 Å². The number of hydrogen-bond acceptors (Lipinski definition) is 6. The van der Waals surface area contributed by atoms with Crippen molar-refractivity contribution in [3.8, 4) is 11.8 Å². The van der Waals surface area contributed by atoms with Crippen LogP contribution in [-0.2, 0) is 11.2 Å². The molecule has 0 radical (unpaired) electrons. The van der Waals surface area contributed by atoms with Crippen LogP contribution in [0.15, 0.2) is 42.5 Å². The van der Waals surface area contributed by atoms with Crippen molar-refractivity contribution in [1.29, 1.82) is 5.26 Å². The van der Waals surface area contributed by atoms with Gasteiger partial charge in [-0.05, 0) is 35.9 Å². The van der Waals surface area contributed by atoms with Gasteiger partial charge in [-0.1, -0.05) is 12.1 Å². The minimum absolute atomic E-state index is 0.00581. The van der Waals surface area contributed by atoms with Crippen LogP contribution in [0.4, 0.5) is 11.4 Å². The third kappa shape index (κ3) is 4.50. The molecule has 1 fully saturated rings. The summed E-state index contributed by atoms with van der Waals surface area (Å²) in [4.78, 5) is 15.9. The lowest BCUT2D eigenvalue weighted by atomic mass is 10.1. The average Bonchev–Trinajstić information content (AvgIpc) is 3.12. The van der Waals surface area contributed by atoms with Crippen LogP contribution in [-0.4, -0.2) is 61.3 Å². The van der Waals surface area contributed by atoms with Crippen molar-refractivity contribution in [3.05, 3.63) is 53.6 Å². The van der Waals surface area contributed by atoms with Crippen molar-refractivity contribution >= 4 is 17.3 Å². The van der Waals surface area contributed by atoms with Crippen LogP contribution in [0.5, 0.6) is 5.75 Å². The molecule has 2 aromatic rings. The van der Waals surface area contributed by atoms with E-state index in [1.54, 1.807) is 0 Å². The van der Waals surface area contributed by atoms with Crippen LogP contribution < -0.4 is 15.0 Å². The van der Waals surface area contributed by atoms with Crippen LogP contribution in [0, 0.1) is 11.3 Å². The van der Waals surface area contributed by atoms with E-state index in [0.29, 0.717) is 24.3 Å². The number of benzene rings is 2. The average molecular weight is 392 g/mol. The van der Waals surface area contributed by atoms with Crippen molar-refractivity contribution in [1.82, 2.24) is 4.90 Å². The molecule has 0 spiro atoms. The number of amides is 1. The van der Waals surface area contributed by atoms with Gasteiger partial charge in [0.25, 0.3) is 0 Å². The van der Waals surface area contributed by atoms with Crippen molar-refractivity contribution in [3.63, 3.8) is 0 Å². The monoisotopic (exact) mass is 392 g/mol. The molecule has 1 atom stereocenters. The molecule has 2 heterocycles. The predicted molar refractivity (Wildman–Crippen MR) is 110 cm³/mol. The molecule has 1 amide bonds. The minimum Gasteiger partial charge on any atom is -0.491 e. The molecule has 2 aliphatic rings. The maximum Gasteiger partial charge on any atom is 0.228 e. The number of anilines is 2. The lowest BCUT2D eigenvalue weighted by Gasteiger charge is -2.37. The molecular weight excluding hydrogens is 368 g/mol. The number of rotatable bonds is 6. The largest absolute Gasteiger partial charge is 0.491 e. The number of carbonyl (C=O) groups is 1. The summed E-state index contributed by atoms with van der Waals surface area (Å²) in [6, 6.07) is 15.4. The Morgan fingerprint density at radius 3 is 2.76 bits per heavy atom. The Kier molecular flexibility index (Phi) is 5.65. The van der Waals surface area contributed by atoms with E-state index >= 15 is 0 Å².